The maximum absolute atomic E-state index is 11.4. The Hall–Kier alpha value is -0.610. The van der Waals surface area contributed by atoms with Crippen molar-refractivity contribution in [3.05, 3.63) is 0 Å². The molecule has 4 nitrogen and oxygen atoms in total. The van der Waals surface area contributed by atoms with Gasteiger partial charge >= 0.3 is 0 Å². The van der Waals surface area contributed by atoms with Gasteiger partial charge in [-0.2, -0.15) is 0 Å². The first-order valence-corrected chi connectivity index (χ1v) is 6.89. The van der Waals surface area contributed by atoms with E-state index in [1.54, 1.807) is 0 Å². The van der Waals surface area contributed by atoms with E-state index in [-0.39, 0.29) is 11.9 Å². The molecule has 1 saturated heterocycles. The van der Waals surface area contributed by atoms with Crippen molar-refractivity contribution in [3.8, 4) is 0 Å². The second-order valence-electron chi connectivity index (χ2n) is 5.18. The van der Waals surface area contributed by atoms with Crippen molar-refractivity contribution in [2.75, 3.05) is 26.2 Å². The highest BCUT2D eigenvalue weighted by molar-refractivity contribution is 5.81. The van der Waals surface area contributed by atoms with Crippen LogP contribution in [0.25, 0.3) is 0 Å². The predicted octanol–water partition coefficient (Wildman–Crippen LogP) is 0.962. The Labute approximate surface area is 105 Å². The topological polar surface area (TPSA) is 58.4 Å². The van der Waals surface area contributed by atoms with E-state index in [9.17, 15) is 4.79 Å². The number of nitrogens with one attached hydrogen (secondary N) is 1. The molecule has 0 unspecified atom stereocenters. The summed E-state index contributed by atoms with van der Waals surface area (Å²) in [6, 6.07) is -0.342. The largest absolute Gasteiger partial charge is 0.355 e. The highest BCUT2D eigenvalue weighted by Gasteiger charge is 2.15. The molecule has 3 N–H and O–H groups in total. The number of likely N-dealkylation sites (tertiary alicyclic amines) is 1. The Morgan fingerprint density at radius 3 is 2.71 bits per heavy atom. The molecule has 0 radical (unpaired) electrons. The molecule has 0 spiro atoms. The van der Waals surface area contributed by atoms with Crippen LogP contribution in [0.4, 0.5) is 0 Å². The van der Waals surface area contributed by atoms with Gasteiger partial charge in [0.2, 0.25) is 5.91 Å². The molecule has 0 bridgehead atoms. The first-order valence-electron chi connectivity index (χ1n) is 6.89. The van der Waals surface area contributed by atoms with Crippen molar-refractivity contribution in [1.82, 2.24) is 10.2 Å². The maximum Gasteiger partial charge on any atom is 0.236 e. The van der Waals surface area contributed by atoms with E-state index in [0.717, 1.165) is 25.4 Å². The molecule has 17 heavy (non-hydrogen) atoms. The summed E-state index contributed by atoms with van der Waals surface area (Å²) in [7, 11) is 0. The van der Waals surface area contributed by atoms with E-state index in [1.807, 2.05) is 6.92 Å². The zero-order valence-electron chi connectivity index (χ0n) is 11.2. The van der Waals surface area contributed by atoms with Crippen molar-refractivity contribution in [2.45, 2.75) is 45.6 Å². The molecule has 1 fully saturated rings. The van der Waals surface area contributed by atoms with E-state index >= 15 is 0 Å². The maximum atomic E-state index is 11.4. The lowest BCUT2D eigenvalue weighted by molar-refractivity contribution is -0.122. The lowest BCUT2D eigenvalue weighted by atomic mass is 9.99. The molecule has 0 aromatic heterocycles. The van der Waals surface area contributed by atoms with Gasteiger partial charge in [-0.05, 0) is 51.2 Å². The molecular weight excluding hydrogens is 214 g/mol. The quantitative estimate of drug-likeness (QED) is 0.681. The molecule has 0 saturated carbocycles. The first-order chi connectivity index (χ1) is 8.13. The standard InChI is InChI=1S/C13H27N3O/c1-3-12(14)13(17)15-7-4-8-16-9-5-11(2)6-10-16/h11-12H,3-10,14H2,1-2H3,(H,15,17)/t12-/m1/s1. The Balaban J connectivity index is 2.02. The Morgan fingerprint density at radius 1 is 1.47 bits per heavy atom. The van der Waals surface area contributed by atoms with Gasteiger partial charge in [0.1, 0.15) is 0 Å². The average molecular weight is 241 g/mol. The molecule has 1 heterocycles. The van der Waals surface area contributed by atoms with Crippen LogP contribution in [0.5, 0.6) is 0 Å². The molecule has 1 rings (SSSR count). The van der Waals surface area contributed by atoms with E-state index in [4.69, 9.17) is 5.73 Å². The second-order valence-corrected chi connectivity index (χ2v) is 5.18. The van der Waals surface area contributed by atoms with Crippen molar-refractivity contribution >= 4 is 5.91 Å². The van der Waals surface area contributed by atoms with Gasteiger partial charge in [0.25, 0.3) is 0 Å². The minimum absolute atomic E-state index is 0.0141. The van der Waals surface area contributed by atoms with Crippen LogP contribution in [0.2, 0.25) is 0 Å². The number of carbonyl (C=O) groups excluding carboxylic acids is 1. The third kappa shape index (κ3) is 5.50. The lowest BCUT2D eigenvalue weighted by Crippen LogP contribution is -2.41. The number of rotatable bonds is 6. The number of nitrogens with two attached hydrogens (primary N) is 1. The van der Waals surface area contributed by atoms with Crippen LogP contribution in [0.15, 0.2) is 0 Å². The first kappa shape index (κ1) is 14.5. The second kappa shape index (κ2) is 7.67. The van der Waals surface area contributed by atoms with Crippen LogP contribution in [0.1, 0.15) is 39.5 Å². The molecule has 1 amide bonds. The molecule has 1 aliphatic rings. The molecular formula is C13H27N3O. The van der Waals surface area contributed by atoms with Crippen molar-refractivity contribution in [2.24, 2.45) is 11.7 Å². The average Bonchev–Trinajstić information content (AvgIpc) is 2.35. The Bertz CT molecular complexity index is 225. The fraction of sp³-hybridized carbons (Fsp3) is 0.923. The van der Waals surface area contributed by atoms with Crippen LogP contribution < -0.4 is 11.1 Å². The fourth-order valence-corrected chi connectivity index (χ4v) is 2.12. The van der Waals surface area contributed by atoms with Gasteiger partial charge in [0.15, 0.2) is 0 Å². The van der Waals surface area contributed by atoms with Gasteiger partial charge < -0.3 is 16.0 Å². The molecule has 4 heteroatoms. The Morgan fingerprint density at radius 2 is 2.12 bits per heavy atom. The highest BCUT2D eigenvalue weighted by atomic mass is 16.2. The van der Waals surface area contributed by atoms with Gasteiger partial charge in [-0.15, -0.1) is 0 Å². The summed E-state index contributed by atoms with van der Waals surface area (Å²) in [6.07, 6.45) is 4.35. The summed E-state index contributed by atoms with van der Waals surface area (Å²) in [6.45, 7) is 8.52. The summed E-state index contributed by atoms with van der Waals surface area (Å²) in [5, 5.41) is 2.89. The summed E-state index contributed by atoms with van der Waals surface area (Å²) >= 11 is 0. The number of piperidine rings is 1. The lowest BCUT2D eigenvalue weighted by Gasteiger charge is -2.30. The minimum Gasteiger partial charge on any atom is -0.355 e. The van der Waals surface area contributed by atoms with E-state index in [2.05, 4.69) is 17.1 Å². The third-order valence-corrected chi connectivity index (χ3v) is 3.60. The van der Waals surface area contributed by atoms with E-state index < -0.39 is 0 Å². The van der Waals surface area contributed by atoms with Crippen LogP contribution in [0.3, 0.4) is 0 Å². The summed E-state index contributed by atoms with van der Waals surface area (Å²) in [5.74, 6) is 0.869. The fourth-order valence-electron chi connectivity index (χ4n) is 2.12. The molecule has 0 aromatic rings. The van der Waals surface area contributed by atoms with Crippen LogP contribution in [-0.4, -0.2) is 43.0 Å². The number of carbonyl (C=O) groups is 1. The van der Waals surface area contributed by atoms with Gasteiger partial charge in [0.05, 0.1) is 6.04 Å². The van der Waals surface area contributed by atoms with Gasteiger partial charge in [-0.3, -0.25) is 4.79 Å². The number of amides is 1. The summed E-state index contributed by atoms with van der Waals surface area (Å²) in [5.41, 5.74) is 5.63. The molecule has 100 valence electrons. The summed E-state index contributed by atoms with van der Waals surface area (Å²) in [4.78, 5) is 13.9. The molecule has 1 aliphatic heterocycles. The predicted molar refractivity (Wildman–Crippen MR) is 70.7 cm³/mol. The minimum atomic E-state index is -0.342. The smallest absolute Gasteiger partial charge is 0.236 e. The summed E-state index contributed by atoms with van der Waals surface area (Å²) < 4.78 is 0. The third-order valence-electron chi connectivity index (χ3n) is 3.60. The SMILES string of the molecule is CC[C@@H](N)C(=O)NCCCN1CCC(C)CC1. The van der Waals surface area contributed by atoms with Crippen molar-refractivity contribution in [3.63, 3.8) is 0 Å². The monoisotopic (exact) mass is 241 g/mol. The van der Waals surface area contributed by atoms with Crippen molar-refractivity contribution < 1.29 is 4.79 Å². The van der Waals surface area contributed by atoms with Crippen molar-refractivity contribution in [1.29, 1.82) is 0 Å². The van der Waals surface area contributed by atoms with Crippen LogP contribution in [0, 0.1) is 5.92 Å². The zero-order chi connectivity index (χ0) is 12.7. The van der Waals surface area contributed by atoms with Crippen LogP contribution in [-0.2, 0) is 4.79 Å². The number of hydrogen-bond donors (Lipinski definition) is 2. The van der Waals surface area contributed by atoms with E-state index in [1.165, 1.54) is 25.9 Å². The van der Waals surface area contributed by atoms with Gasteiger partial charge in [-0.25, -0.2) is 0 Å². The van der Waals surface area contributed by atoms with Crippen LogP contribution >= 0.6 is 0 Å². The normalized spacial score (nSPS) is 20.2. The number of hydrogen-bond acceptors (Lipinski definition) is 3. The molecule has 0 aromatic carbocycles. The van der Waals surface area contributed by atoms with Gasteiger partial charge in [0, 0.05) is 6.54 Å². The van der Waals surface area contributed by atoms with E-state index in [0.29, 0.717) is 6.42 Å². The zero-order valence-corrected chi connectivity index (χ0v) is 11.2. The Kier molecular flexibility index (Phi) is 6.52. The number of nitrogens with zero attached hydrogens (tertiary/aromatic N) is 1. The van der Waals surface area contributed by atoms with Gasteiger partial charge in [-0.1, -0.05) is 13.8 Å². The highest BCUT2D eigenvalue weighted by Crippen LogP contribution is 2.15. The molecule has 0 aliphatic carbocycles. The molecule has 1 atom stereocenters.